The summed E-state index contributed by atoms with van der Waals surface area (Å²) in [5, 5.41) is 8.77. The highest BCUT2D eigenvalue weighted by Crippen LogP contribution is 2.29. The Kier molecular flexibility index (Phi) is 4.44. The van der Waals surface area contributed by atoms with Crippen molar-refractivity contribution in [2.45, 2.75) is 63.5 Å². The molecule has 1 unspecified atom stereocenters. The molecule has 18 heavy (non-hydrogen) atoms. The molecular formula is C13H21NO4. The van der Waals surface area contributed by atoms with Crippen LogP contribution in [0, 0.1) is 0 Å². The number of nitrogens with zero attached hydrogens (tertiary/aromatic N) is 1. The number of carbonyl (C=O) groups excluding carboxylic acids is 1. The average Bonchev–Trinajstić information content (AvgIpc) is 2.37. The van der Waals surface area contributed by atoms with E-state index in [4.69, 9.17) is 9.84 Å². The van der Waals surface area contributed by atoms with Gasteiger partial charge in [-0.1, -0.05) is 19.3 Å². The van der Waals surface area contributed by atoms with E-state index in [1.807, 2.05) is 4.90 Å². The zero-order valence-corrected chi connectivity index (χ0v) is 10.6. The van der Waals surface area contributed by atoms with Gasteiger partial charge in [0.15, 0.2) is 0 Å². The summed E-state index contributed by atoms with van der Waals surface area (Å²) in [4.78, 5) is 24.4. The number of carbonyl (C=O) groups is 2. The Bertz CT molecular complexity index is 312. The Labute approximate surface area is 107 Å². The number of aliphatic carboxylic acids is 1. The monoisotopic (exact) mass is 255 g/mol. The van der Waals surface area contributed by atoms with Crippen LogP contribution in [0.25, 0.3) is 0 Å². The molecule has 0 radical (unpaired) electrons. The Morgan fingerprint density at radius 3 is 2.67 bits per heavy atom. The fraction of sp³-hybridized carbons (Fsp3) is 0.846. The molecule has 1 saturated heterocycles. The highest BCUT2D eigenvalue weighted by molar-refractivity contribution is 5.70. The molecule has 0 aromatic heterocycles. The molecule has 0 spiro atoms. The van der Waals surface area contributed by atoms with E-state index in [1.54, 1.807) is 0 Å². The van der Waals surface area contributed by atoms with Crippen LogP contribution >= 0.6 is 0 Å². The number of cyclic esters (lactones) is 1. The number of amides is 1. The zero-order valence-electron chi connectivity index (χ0n) is 10.6. The maximum Gasteiger partial charge on any atom is 0.410 e. The van der Waals surface area contributed by atoms with Gasteiger partial charge in [-0.25, -0.2) is 4.79 Å². The number of hydrogen-bond acceptors (Lipinski definition) is 3. The van der Waals surface area contributed by atoms with Crippen molar-refractivity contribution in [1.82, 2.24) is 4.90 Å². The molecule has 1 saturated carbocycles. The van der Waals surface area contributed by atoms with E-state index in [-0.39, 0.29) is 24.6 Å². The maximum atomic E-state index is 11.9. The second-order valence-electron chi connectivity index (χ2n) is 5.19. The van der Waals surface area contributed by atoms with Gasteiger partial charge < -0.3 is 14.7 Å². The van der Waals surface area contributed by atoms with Gasteiger partial charge in [0.25, 0.3) is 0 Å². The fourth-order valence-electron chi connectivity index (χ4n) is 3.02. The van der Waals surface area contributed by atoms with Gasteiger partial charge in [0.1, 0.15) is 0 Å². The summed E-state index contributed by atoms with van der Waals surface area (Å²) in [6, 6.07) is 0.302. The van der Waals surface area contributed by atoms with Gasteiger partial charge in [-0.15, -0.1) is 0 Å². The minimum absolute atomic E-state index is 0.0467. The van der Waals surface area contributed by atoms with Crippen molar-refractivity contribution in [3.8, 4) is 0 Å². The van der Waals surface area contributed by atoms with Crippen molar-refractivity contribution in [3.63, 3.8) is 0 Å². The van der Waals surface area contributed by atoms with Crippen molar-refractivity contribution in [2.75, 3.05) is 6.61 Å². The summed E-state index contributed by atoms with van der Waals surface area (Å²) < 4.78 is 5.12. The maximum absolute atomic E-state index is 11.9. The third kappa shape index (κ3) is 3.15. The quantitative estimate of drug-likeness (QED) is 0.837. The van der Waals surface area contributed by atoms with Gasteiger partial charge in [0, 0.05) is 24.9 Å². The number of rotatable bonds is 4. The standard InChI is InChI=1S/C13H21NO4/c15-12(16)7-6-11-8-9-18-13(17)14(11)10-4-2-1-3-5-10/h10-11H,1-9H2,(H,15,16). The van der Waals surface area contributed by atoms with Crippen LogP contribution in [0.4, 0.5) is 4.79 Å². The number of ether oxygens (including phenoxy) is 1. The molecule has 0 bridgehead atoms. The van der Waals surface area contributed by atoms with E-state index in [9.17, 15) is 9.59 Å². The minimum atomic E-state index is -0.794. The lowest BCUT2D eigenvalue weighted by molar-refractivity contribution is -0.137. The fourth-order valence-corrected chi connectivity index (χ4v) is 3.02. The average molecular weight is 255 g/mol. The number of carboxylic acids is 1. The molecule has 5 nitrogen and oxygen atoms in total. The molecule has 1 aliphatic carbocycles. The number of hydrogen-bond donors (Lipinski definition) is 1. The van der Waals surface area contributed by atoms with Crippen LogP contribution in [-0.4, -0.2) is 40.8 Å². The third-order valence-electron chi connectivity index (χ3n) is 3.94. The lowest BCUT2D eigenvalue weighted by Crippen LogP contribution is -2.51. The van der Waals surface area contributed by atoms with Crippen molar-refractivity contribution in [2.24, 2.45) is 0 Å². The van der Waals surface area contributed by atoms with Gasteiger partial charge in [0.05, 0.1) is 6.61 Å². The van der Waals surface area contributed by atoms with E-state index in [1.165, 1.54) is 6.42 Å². The first-order chi connectivity index (χ1) is 8.68. The molecule has 0 aromatic carbocycles. The van der Waals surface area contributed by atoms with E-state index in [2.05, 4.69) is 0 Å². The van der Waals surface area contributed by atoms with E-state index in [0.29, 0.717) is 13.0 Å². The van der Waals surface area contributed by atoms with Crippen LogP contribution in [0.3, 0.4) is 0 Å². The smallest absolute Gasteiger partial charge is 0.410 e. The summed E-state index contributed by atoms with van der Waals surface area (Å²) >= 11 is 0. The molecule has 102 valence electrons. The minimum Gasteiger partial charge on any atom is -0.481 e. The van der Waals surface area contributed by atoms with Crippen LogP contribution in [0.15, 0.2) is 0 Å². The highest BCUT2D eigenvalue weighted by Gasteiger charge is 2.35. The van der Waals surface area contributed by atoms with E-state index < -0.39 is 5.97 Å². The van der Waals surface area contributed by atoms with Crippen molar-refractivity contribution < 1.29 is 19.4 Å². The number of carboxylic acid groups (broad SMARTS) is 1. The normalized spacial score (nSPS) is 25.9. The first-order valence-electron chi connectivity index (χ1n) is 6.85. The first-order valence-corrected chi connectivity index (χ1v) is 6.85. The second-order valence-corrected chi connectivity index (χ2v) is 5.19. The molecule has 1 N–H and O–H groups in total. The Balaban J connectivity index is 1.99. The van der Waals surface area contributed by atoms with Crippen LogP contribution in [0.5, 0.6) is 0 Å². The predicted octanol–water partition coefficient (Wildman–Crippen LogP) is 2.39. The van der Waals surface area contributed by atoms with Crippen molar-refractivity contribution in [3.05, 3.63) is 0 Å². The molecule has 2 rings (SSSR count). The molecule has 2 fully saturated rings. The summed E-state index contributed by atoms with van der Waals surface area (Å²) in [5.74, 6) is -0.794. The SMILES string of the molecule is O=C(O)CCC1CCOC(=O)N1C1CCCCC1. The van der Waals surface area contributed by atoms with Crippen LogP contribution in [0.1, 0.15) is 51.4 Å². The van der Waals surface area contributed by atoms with Gasteiger partial charge in [-0.2, -0.15) is 0 Å². The molecule has 1 atom stereocenters. The molecular weight excluding hydrogens is 234 g/mol. The molecule has 0 aromatic rings. The van der Waals surface area contributed by atoms with Gasteiger partial charge >= 0.3 is 12.1 Å². The lowest BCUT2D eigenvalue weighted by Gasteiger charge is -2.41. The summed E-state index contributed by atoms with van der Waals surface area (Å²) in [5.41, 5.74) is 0. The Morgan fingerprint density at radius 1 is 1.28 bits per heavy atom. The van der Waals surface area contributed by atoms with E-state index >= 15 is 0 Å². The zero-order chi connectivity index (χ0) is 13.0. The molecule has 1 aliphatic heterocycles. The van der Waals surface area contributed by atoms with Gasteiger partial charge in [-0.3, -0.25) is 4.79 Å². The Hall–Kier alpha value is -1.26. The van der Waals surface area contributed by atoms with Gasteiger partial charge in [-0.05, 0) is 19.3 Å². The molecule has 2 aliphatic rings. The Morgan fingerprint density at radius 2 is 2.00 bits per heavy atom. The van der Waals surface area contributed by atoms with Gasteiger partial charge in [0.2, 0.25) is 0 Å². The molecule has 1 heterocycles. The van der Waals surface area contributed by atoms with Crippen molar-refractivity contribution >= 4 is 12.1 Å². The highest BCUT2D eigenvalue weighted by atomic mass is 16.6. The third-order valence-corrected chi connectivity index (χ3v) is 3.94. The van der Waals surface area contributed by atoms with Crippen molar-refractivity contribution in [1.29, 1.82) is 0 Å². The first kappa shape index (κ1) is 13.2. The summed E-state index contributed by atoms with van der Waals surface area (Å²) in [7, 11) is 0. The lowest BCUT2D eigenvalue weighted by atomic mass is 9.92. The summed E-state index contributed by atoms with van der Waals surface area (Å²) in [6.07, 6.45) is 6.78. The molecule has 1 amide bonds. The second kappa shape index (κ2) is 6.07. The largest absolute Gasteiger partial charge is 0.481 e. The van der Waals surface area contributed by atoms with E-state index in [0.717, 1.165) is 32.1 Å². The summed E-state index contributed by atoms with van der Waals surface area (Å²) in [6.45, 7) is 0.423. The topological polar surface area (TPSA) is 66.8 Å². The predicted molar refractivity (Wildman–Crippen MR) is 65.3 cm³/mol. The van der Waals surface area contributed by atoms with Crippen LogP contribution < -0.4 is 0 Å². The molecule has 5 heteroatoms. The van der Waals surface area contributed by atoms with Crippen LogP contribution in [-0.2, 0) is 9.53 Å². The van der Waals surface area contributed by atoms with Crippen LogP contribution in [0.2, 0.25) is 0 Å².